The first-order chi connectivity index (χ1) is 31.7. The van der Waals surface area contributed by atoms with Gasteiger partial charge in [-0.15, -0.1) is 11.8 Å². The molecule has 3 N–H and O–H groups in total. The number of hydrogen-bond acceptors (Lipinski definition) is 13. The molecule has 2 aromatic heterocycles. The Hall–Kier alpha value is -6.17. The quantitative estimate of drug-likeness (QED) is 0.0689. The highest BCUT2D eigenvalue weighted by Gasteiger charge is 2.45. The lowest BCUT2D eigenvalue weighted by Crippen LogP contribution is -2.54. The molecule has 16 nitrogen and oxygen atoms in total. The van der Waals surface area contributed by atoms with E-state index in [1.807, 2.05) is 70.2 Å². The van der Waals surface area contributed by atoms with E-state index in [-0.39, 0.29) is 30.7 Å². The van der Waals surface area contributed by atoms with Crippen molar-refractivity contribution in [2.24, 2.45) is 0 Å². The third-order valence-corrected chi connectivity index (χ3v) is 14.0. The Morgan fingerprint density at radius 1 is 0.800 bits per heavy atom. The molecular weight excluding hydrogens is 845 g/mol. The molecule has 4 aliphatic heterocycles. The first-order valence-corrected chi connectivity index (χ1v) is 23.7. The molecule has 6 heterocycles. The Bertz CT molecular complexity index is 2560. The van der Waals surface area contributed by atoms with Crippen molar-refractivity contribution in [3.63, 3.8) is 0 Å². The molecule has 3 fully saturated rings. The molecule has 9 rings (SSSR count). The minimum atomic E-state index is -0.967. The summed E-state index contributed by atoms with van der Waals surface area (Å²) in [6.07, 6.45) is 7.90. The first kappa shape index (κ1) is 44.1. The number of nitrogens with zero attached hydrogens (tertiary/aromatic N) is 8. The molecule has 338 valence electrons. The fourth-order valence-corrected chi connectivity index (χ4v) is 10.5. The van der Waals surface area contributed by atoms with Gasteiger partial charge in [-0.05, 0) is 106 Å². The molecule has 5 aromatic rings. The van der Waals surface area contributed by atoms with E-state index in [1.54, 1.807) is 23.9 Å². The molecule has 17 heteroatoms. The van der Waals surface area contributed by atoms with Gasteiger partial charge in [-0.2, -0.15) is 5.10 Å². The monoisotopic (exact) mass is 898 g/mol. The Balaban J connectivity index is 0.689. The number of carbonyl (C=O) groups excluding carboxylic acids is 5. The summed E-state index contributed by atoms with van der Waals surface area (Å²) in [6.45, 7) is 7.22. The van der Waals surface area contributed by atoms with Gasteiger partial charge in [0.15, 0.2) is 5.65 Å². The number of hydrogen-bond donors (Lipinski definition) is 2. The van der Waals surface area contributed by atoms with Crippen LogP contribution in [0.3, 0.4) is 0 Å². The van der Waals surface area contributed by atoms with Crippen molar-refractivity contribution in [2.75, 3.05) is 63.8 Å². The van der Waals surface area contributed by atoms with E-state index in [2.05, 4.69) is 25.1 Å². The lowest BCUT2D eigenvalue weighted by Gasteiger charge is -2.35. The standard InChI is InChI=1S/C48H54N10O6S/c49-44-42-43(32-16-18-35(19-17-32)64-34-11-3-1-4-12-34)53-58(45(42)51-31-50-44)33-10-8-24-56(30-33)40(60)15-9-23-55-27-25-54(26-28-55)22-5-2-6-29-65-38-14-7-13-36-41(38)48(63)57(47(36)62)37-20-21-39(59)52-46(37)61/h1,3-4,7,11-14,16-19,31,33,37H,2,5-6,8-10,15,20-30H2,(H2,49,50,51)(H,52,59,61). The van der Waals surface area contributed by atoms with Crippen molar-refractivity contribution in [2.45, 2.75) is 74.8 Å². The zero-order chi connectivity index (χ0) is 44.9. The van der Waals surface area contributed by atoms with Crippen molar-refractivity contribution < 1.29 is 28.7 Å². The second-order valence-electron chi connectivity index (χ2n) is 17.1. The van der Waals surface area contributed by atoms with Crippen LogP contribution in [0.1, 0.15) is 84.5 Å². The summed E-state index contributed by atoms with van der Waals surface area (Å²) in [5.41, 5.74) is 9.37. The number of amides is 5. The second-order valence-corrected chi connectivity index (χ2v) is 18.3. The van der Waals surface area contributed by atoms with Crippen molar-refractivity contribution in [3.8, 4) is 22.8 Å². The van der Waals surface area contributed by atoms with E-state index >= 15 is 0 Å². The van der Waals surface area contributed by atoms with Crippen LogP contribution in [0.25, 0.3) is 22.3 Å². The molecule has 65 heavy (non-hydrogen) atoms. The number of aromatic nitrogens is 4. The molecule has 0 radical (unpaired) electrons. The van der Waals surface area contributed by atoms with Crippen molar-refractivity contribution in [3.05, 3.63) is 90.3 Å². The number of piperazine rings is 1. The highest BCUT2D eigenvalue weighted by molar-refractivity contribution is 7.99. The third-order valence-electron chi connectivity index (χ3n) is 12.9. The summed E-state index contributed by atoms with van der Waals surface area (Å²) in [5.74, 6) is 0.906. The molecule has 3 saturated heterocycles. The fourth-order valence-electron chi connectivity index (χ4n) is 9.39. The number of thioether (sulfide) groups is 1. The molecule has 2 atom stereocenters. The van der Waals surface area contributed by atoms with Crippen LogP contribution in [0.2, 0.25) is 0 Å². The number of piperidine rings is 2. The summed E-state index contributed by atoms with van der Waals surface area (Å²) in [7, 11) is 0. The zero-order valence-electron chi connectivity index (χ0n) is 36.4. The number of ether oxygens (including phenoxy) is 1. The number of carbonyl (C=O) groups is 5. The largest absolute Gasteiger partial charge is 0.457 e. The van der Waals surface area contributed by atoms with Crippen LogP contribution in [0.4, 0.5) is 5.82 Å². The maximum Gasteiger partial charge on any atom is 0.263 e. The van der Waals surface area contributed by atoms with E-state index in [9.17, 15) is 24.0 Å². The van der Waals surface area contributed by atoms with Gasteiger partial charge in [-0.25, -0.2) is 14.6 Å². The van der Waals surface area contributed by atoms with Crippen LogP contribution < -0.4 is 15.8 Å². The van der Waals surface area contributed by atoms with Gasteiger partial charge in [-0.1, -0.05) is 30.7 Å². The lowest BCUT2D eigenvalue weighted by atomic mass is 10.0. The molecule has 0 spiro atoms. The summed E-state index contributed by atoms with van der Waals surface area (Å²) in [4.78, 5) is 81.9. The van der Waals surface area contributed by atoms with Crippen LogP contribution in [0.15, 0.2) is 84.0 Å². The Morgan fingerprint density at radius 3 is 2.32 bits per heavy atom. The predicted molar refractivity (Wildman–Crippen MR) is 246 cm³/mol. The Kier molecular flexibility index (Phi) is 13.5. The lowest BCUT2D eigenvalue weighted by molar-refractivity contribution is -0.136. The van der Waals surface area contributed by atoms with Crippen molar-refractivity contribution >= 4 is 58.1 Å². The number of rotatable bonds is 16. The van der Waals surface area contributed by atoms with Gasteiger partial charge in [0.1, 0.15) is 35.4 Å². The molecule has 3 aromatic carbocycles. The molecule has 0 bridgehead atoms. The van der Waals surface area contributed by atoms with Crippen LogP contribution >= 0.6 is 11.8 Å². The number of likely N-dealkylation sites (tertiary alicyclic amines) is 1. The molecule has 0 saturated carbocycles. The topological polar surface area (TPSA) is 189 Å². The van der Waals surface area contributed by atoms with E-state index < -0.39 is 23.8 Å². The summed E-state index contributed by atoms with van der Waals surface area (Å²) in [6, 6.07) is 21.7. The Morgan fingerprint density at radius 2 is 1.55 bits per heavy atom. The second kappa shape index (κ2) is 19.9. The first-order valence-electron chi connectivity index (χ1n) is 22.7. The van der Waals surface area contributed by atoms with Gasteiger partial charge < -0.3 is 25.2 Å². The normalized spacial score (nSPS) is 19.5. The number of imide groups is 2. The molecule has 0 aliphatic carbocycles. The van der Waals surface area contributed by atoms with Crippen LogP contribution in [0.5, 0.6) is 11.5 Å². The third kappa shape index (κ3) is 9.77. The van der Waals surface area contributed by atoms with Crippen LogP contribution in [0, 0.1) is 0 Å². The fraction of sp³-hybridized carbons (Fsp3) is 0.417. The van der Waals surface area contributed by atoms with Gasteiger partial charge in [-0.3, -0.25) is 34.2 Å². The van der Waals surface area contributed by atoms with E-state index in [1.165, 1.54) is 6.33 Å². The van der Waals surface area contributed by atoms with Gasteiger partial charge in [0.25, 0.3) is 11.8 Å². The van der Waals surface area contributed by atoms with E-state index in [0.29, 0.717) is 52.4 Å². The van der Waals surface area contributed by atoms with Crippen molar-refractivity contribution in [1.29, 1.82) is 0 Å². The minimum Gasteiger partial charge on any atom is -0.457 e. The predicted octanol–water partition coefficient (Wildman–Crippen LogP) is 5.79. The number of unbranched alkanes of at least 4 members (excludes halogenated alkanes) is 2. The van der Waals surface area contributed by atoms with Gasteiger partial charge >= 0.3 is 0 Å². The zero-order valence-corrected chi connectivity index (χ0v) is 37.2. The molecule has 4 aliphatic rings. The van der Waals surface area contributed by atoms with E-state index in [4.69, 9.17) is 15.6 Å². The summed E-state index contributed by atoms with van der Waals surface area (Å²) < 4.78 is 7.94. The smallest absolute Gasteiger partial charge is 0.263 e. The maximum absolute atomic E-state index is 13.6. The van der Waals surface area contributed by atoms with Crippen molar-refractivity contribution in [1.82, 2.24) is 44.7 Å². The summed E-state index contributed by atoms with van der Waals surface area (Å²) in [5, 5.41) is 8.02. The molecule has 2 unspecified atom stereocenters. The Labute approximate surface area is 381 Å². The highest BCUT2D eigenvalue weighted by atomic mass is 32.2. The number of para-hydroxylation sites is 1. The number of anilines is 1. The summed E-state index contributed by atoms with van der Waals surface area (Å²) >= 11 is 1.57. The molecule has 5 amide bonds. The highest BCUT2D eigenvalue weighted by Crippen LogP contribution is 2.37. The molecular formula is C48H54N10O6S. The number of fused-ring (bicyclic) bond motifs is 2. The average molecular weight is 899 g/mol. The average Bonchev–Trinajstić information content (AvgIpc) is 3.84. The minimum absolute atomic E-state index is 0.0344. The van der Waals surface area contributed by atoms with Gasteiger partial charge in [0.05, 0.1) is 22.6 Å². The number of nitrogens with two attached hydrogens (primary N) is 1. The number of benzene rings is 3. The van der Waals surface area contributed by atoms with Crippen LogP contribution in [-0.2, 0) is 14.4 Å². The van der Waals surface area contributed by atoms with Gasteiger partial charge in [0.2, 0.25) is 17.7 Å². The van der Waals surface area contributed by atoms with Crippen LogP contribution in [-0.4, -0.2) is 133 Å². The number of nitrogens with one attached hydrogen (secondary N) is 1. The number of nitrogen functional groups attached to an aromatic ring is 1. The SMILES string of the molecule is Nc1ncnc2c1c(-c1ccc(Oc3ccccc3)cc1)nn2C1CCCN(C(=O)CCCN2CCN(CCCCCSc3cccc4c3C(=O)N(C3CCC(=O)NC3=O)C4=O)CC2)C1. The van der Waals surface area contributed by atoms with E-state index in [0.717, 1.165) is 111 Å². The maximum atomic E-state index is 13.6. The van der Waals surface area contributed by atoms with Gasteiger partial charge in [0, 0.05) is 62.6 Å².